The lowest BCUT2D eigenvalue weighted by molar-refractivity contribution is -0.145. The first-order valence-electron chi connectivity index (χ1n) is 15.3. The van der Waals surface area contributed by atoms with Gasteiger partial charge in [0.05, 0.1) is 22.6 Å². The highest BCUT2D eigenvalue weighted by Crippen LogP contribution is 2.26. The van der Waals surface area contributed by atoms with Crippen LogP contribution < -0.4 is 18.9 Å². The van der Waals surface area contributed by atoms with Crippen LogP contribution in [-0.2, 0) is 51.3 Å². The molecule has 51 heavy (non-hydrogen) atoms. The Hall–Kier alpha value is -6.21. The number of benzene rings is 4. The molecule has 0 radical (unpaired) electrons. The summed E-state index contributed by atoms with van der Waals surface area (Å²) in [5.74, 6) is -1.13. The maximum atomic E-state index is 13.2. The largest absolute Gasteiger partial charge is 0.457 e. The minimum Gasteiger partial charge on any atom is -0.457 e. The van der Waals surface area contributed by atoms with Gasteiger partial charge in [-0.2, -0.15) is 0 Å². The summed E-state index contributed by atoms with van der Waals surface area (Å²) in [7, 11) is -3.94. The third-order valence-corrected chi connectivity index (χ3v) is 9.00. The Bertz CT molecular complexity index is 1890. The highest BCUT2D eigenvalue weighted by Gasteiger charge is 2.19. The van der Waals surface area contributed by atoms with Crippen LogP contribution in [0, 0.1) is 13.8 Å². The molecule has 0 heterocycles. The van der Waals surface area contributed by atoms with Crippen LogP contribution >= 0.6 is 0 Å². The van der Waals surface area contributed by atoms with Crippen LogP contribution in [0.4, 0.5) is 0 Å². The van der Waals surface area contributed by atoms with Crippen LogP contribution in [0.15, 0.2) is 120 Å². The van der Waals surface area contributed by atoms with E-state index >= 15 is 0 Å². The molecule has 0 N–H and O–H groups in total. The minimum atomic E-state index is -3.94. The number of esters is 4. The van der Waals surface area contributed by atoms with E-state index in [1.165, 1.54) is 48.5 Å². The number of hydrogen-bond acceptors (Lipinski definition) is 12. The molecule has 0 saturated heterocycles. The number of sulfone groups is 1. The average Bonchev–Trinajstić information content (AvgIpc) is 3.10. The van der Waals surface area contributed by atoms with Gasteiger partial charge in [0.2, 0.25) is 23.4 Å². The molecule has 4 aromatic carbocycles. The first-order valence-corrected chi connectivity index (χ1v) is 16.8. The summed E-state index contributed by atoms with van der Waals surface area (Å²) in [6.07, 6.45) is 1.95. The number of hydrogen-bond donors (Lipinski definition) is 0. The smallest absolute Gasteiger partial charge is 0.333 e. The zero-order valence-electron chi connectivity index (χ0n) is 27.8. The van der Waals surface area contributed by atoms with Gasteiger partial charge >= 0.3 is 23.9 Å². The normalized spacial score (nSPS) is 10.7. The molecule has 0 atom stereocenters. The van der Waals surface area contributed by atoms with Crippen molar-refractivity contribution in [2.75, 3.05) is 13.6 Å². The Kier molecular flexibility index (Phi) is 12.9. The maximum absolute atomic E-state index is 13.2. The summed E-state index contributed by atoms with van der Waals surface area (Å²) in [6, 6.07) is 20.9. The molecule has 0 spiro atoms. The summed E-state index contributed by atoms with van der Waals surface area (Å²) in [5, 5.41) is 0. The molecule has 0 saturated carbocycles. The monoisotopic (exact) mass is 714 g/mol. The molecule has 0 bridgehead atoms. The third-order valence-electron chi connectivity index (χ3n) is 7.22. The van der Waals surface area contributed by atoms with Crippen molar-refractivity contribution in [3.8, 4) is 23.0 Å². The molecule has 4 aromatic rings. The van der Waals surface area contributed by atoms with Crippen LogP contribution in [0.2, 0.25) is 0 Å². The third kappa shape index (κ3) is 10.9. The van der Waals surface area contributed by atoms with Crippen LogP contribution in [-0.4, -0.2) is 45.9 Å². The van der Waals surface area contributed by atoms with E-state index in [1.54, 1.807) is 50.2 Å². The number of carbonyl (C=O) groups excluding carboxylic acids is 4. The van der Waals surface area contributed by atoms with Gasteiger partial charge in [0.1, 0.15) is 23.0 Å². The Morgan fingerprint density at radius 3 is 1.25 bits per heavy atom. The Morgan fingerprint density at radius 2 is 0.922 bits per heavy atom. The molecule has 13 heteroatoms. The lowest BCUT2D eigenvalue weighted by atomic mass is 10.1. The second kappa shape index (κ2) is 17.4. The van der Waals surface area contributed by atoms with Crippen molar-refractivity contribution < 1.29 is 56.0 Å². The summed E-state index contributed by atoms with van der Waals surface area (Å²) in [5.41, 5.74) is 2.87. The SMILES string of the molecule is C=CC(=O)OCOc1ccc(CC(=O)Oc2ccc(S(=O)(=O)c3ccc(OC(=O)Cc4ccc(OCOC(=O)C=C)cc4C)cc3)cc2)c(C)c1. The van der Waals surface area contributed by atoms with Crippen molar-refractivity contribution in [1.29, 1.82) is 0 Å². The van der Waals surface area contributed by atoms with Crippen molar-refractivity contribution in [3.05, 3.63) is 132 Å². The number of carbonyl (C=O) groups is 4. The molecular weight excluding hydrogens is 680 g/mol. The van der Waals surface area contributed by atoms with Gasteiger partial charge in [0.15, 0.2) is 0 Å². The molecule has 0 aliphatic heterocycles. The number of ether oxygens (including phenoxy) is 6. The lowest BCUT2D eigenvalue weighted by Gasteiger charge is -2.11. The van der Waals surface area contributed by atoms with E-state index < -0.39 is 33.7 Å². The van der Waals surface area contributed by atoms with Gasteiger partial charge in [-0.1, -0.05) is 25.3 Å². The van der Waals surface area contributed by atoms with Crippen molar-refractivity contribution >= 4 is 33.7 Å². The summed E-state index contributed by atoms with van der Waals surface area (Å²) < 4.78 is 57.6. The first-order chi connectivity index (χ1) is 24.4. The molecule has 0 unspecified atom stereocenters. The van der Waals surface area contributed by atoms with Gasteiger partial charge in [0.25, 0.3) is 0 Å². The van der Waals surface area contributed by atoms with Gasteiger partial charge in [-0.3, -0.25) is 9.59 Å². The van der Waals surface area contributed by atoms with E-state index in [9.17, 15) is 27.6 Å². The van der Waals surface area contributed by atoms with Gasteiger partial charge in [0, 0.05) is 12.2 Å². The molecular formula is C38H34O12S. The fourth-order valence-electron chi connectivity index (χ4n) is 4.50. The molecule has 0 amide bonds. The highest BCUT2D eigenvalue weighted by atomic mass is 32.2. The van der Waals surface area contributed by atoms with Crippen LogP contribution in [0.5, 0.6) is 23.0 Å². The van der Waals surface area contributed by atoms with Crippen LogP contribution in [0.1, 0.15) is 22.3 Å². The number of rotatable bonds is 16. The van der Waals surface area contributed by atoms with Gasteiger partial charge < -0.3 is 28.4 Å². The molecule has 4 rings (SSSR count). The van der Waals surface area contributed by atoms with Gasteiger partial charge in [-0.05, 0) is 109 Å². The molecule has 0 aliphatic carbocycles. The molecule has 264 valence electrons. The topological polar surface area (TPSA) is 158 Å². The summed E-state index contributed by atoms with van der Waals surface area (Å²) >= 11 is 0. The van der Waals surface area contributed by atoms with Crippen molar-refractivity contribution in [2.45, 2.75) is 36.5 Å². The predicted octanol–water partition coefficient (Wildman–Crippen LogP) is 5.56. The van der Waals surface area contributed by atoms with Gasteiger partial charge in [-0.15, -0.1) is 0 Å². The van der Waals surface area contributed by atoms with Crippen molar-refractivity contribution in [1.82, 2.24) is 0 Å². The van der Waals surface area contributed by atoms with E-state index in [0.29, 0.717) is 22.6 Å². The first kappa shape index (κ1) is 37.6. The quantitative estimate of drug-likeness (QED) is 0.0617. The highest BCUT2D eigenvalue weighted by molar-refractivity contribution is 7.91. The second-order valence-electron chi connectivity index (χ2n) is 10.8. The summed E-state index contributed by atoms with van der Waals surface area (Å²) in [6.45, 7) is 9.61. The molecule has 0 fully saturated rings. The zero-order chi connectivity index (χ0) is 37.0. The molecule has 0 aromatic heterocycles. The fraction of sp³-hybridized carbons (Fsp3) is 0.158. The fourth-order valence-corrected chi connectivity index (χ4v) is 5.76. The van der Waals surface area contributed by atoms with E-state index in [2.05, 4.69) is 13.2 Å². The average molecular weight is 715 g/mol. The second-order valence-corrected chi connectivity index (χ2v) is 12.7. The van der Waals surface area contributed by atoms with E-state index in [1.807, 2.05) is 0 Å². The minimum absolute atomic E-state index is 0.0287. The van der Waals surface area contributed by atoms with Crippen molar-refractivity contribution in [3.63, 3.8) is 0 Å². The van der Waals surface area contributed by atoms with E-state index in [4.69, 9.17) is 28.4 Å². The predicted molar refractivity (Wildman–Crippen MR) is 183 cm³/mol. The van der Waals surface area contributed by atoms with Crippen LogP contribution in [0.3, 0.4) is 0 Å². The van der Waals surface area contributed by atoms with Gasteiger partial charge in [-0.25, -0.2) is 18.0 Å². The Balaban J connectivity index is 1.29. The standard InChI is InChI=1S/C38H34O12S/c1-5-35(39)47-23-45-31-9-7-27(25(3)19-31)21-37(41)49-29-11-15-33(16-12-29)51(43,44)34-17-13-30(14-18-34)50-38(42)22-28-8-10-32(20-26(28)4)46-24-48-36(40)6-2/h5-20H,1-2,21-24H2,3-4H3. The van der Waals surface area contributed by atoms with Crippen LogP contribution in [0.25, 0.3) is 0 Å². The van der Waals surface area contributed by atoms with E-state index in [0.717, 1.165) is 23.3 Å². The molecule has 12 nitrogen and oxygen atoms in total. The zero-order valence-corrected chi connectivity index (χ0v) is 28.6. The Labute approximate surface area is 294 Å². The number of aryl methyl sites for hydroxylation is 2. The lowest BCUT2D eigenvalue weighted by Crippen LogP contribution is -2.13. The Morgan fingerprint density at radius 1 is 0.569 bits per heavy atom. The molecule has 0 aliphatic rings. The van der Waals surface area contributed by atoms with E-state index in [-0.39, 0.29) is 47.7 Å². The summed E-state index contributed by atoms with van der Waals surface area (Å²) in [4.78, 5) is 47.4. The van der Waals surface area contributed by atoms with Crippen molar-refractivity contribution in [2.24, 2.45) is 0 Å². The maximum Gasteiger partial charge on any atom is 0.333 e.